The van der Waals surface area contributed by atoms with Crippen molar-refractivity contribution in [2.24, 2.45) is 0 Å². The fraction of sp³-hybridized carbons (Fsp3) is 0.385. The highest BCUT2D eigenvalue weighted by Gasteiger charge is 2.22. The van der Waals surface area contributed by atoms with Crippen LogP contribution >= 0.6 is 15.9 Å². The minimum absolute atomic E-state index is 0.191. The number of halogens is 1. The number of benzene rings is 1. The van der Waals surface area contributed by atoms with E-state index in [0.29, 0.717) is 0 Å². The van der Waals surface area contributed by atoms with Gasteiger partial charge in [-0.15, -0.1) is 0 Å². The van der Waals surface area contributed by atoms with Gasteiger partial charge in [0.2, 0.25) is 0 Å². The van der Waals surface area contributed by atoms with Gasteiger partial charge in [-0.05, 0) is 31.5 Å². The molecule has 0 saturated carbocycles. The monoisotopic (exact) mass is 328 g/mol. The molecule has 5 nitrogen and oxygen atoms in total. The number of hydrogen-bond donors (Lipinski definition) is 2. The van der Waals surface area contributed by atoms with E-state index in [1.54, 1.807) is 0 Å². The summed E-state index contributed by atoms with van der Waals surface area (Å²) in [6.07, 6.45) is 0. The van der Waals surface area contributed by atoms with Gasteiger partial charge in [0.1, 0.15) is 6.04 Å². The zero-order valence-electron chi connectivity index (χ0n) is 11.1. The molecule has 2 amide bonds. The first-order valence-corrected chi connectivity index (χ1v) is 6.63. The molecule has 0 heterocycles. The molecule has 0 spiro atoms. The fourth-order valence-corrected chi connectivity index (χ4v) is 1.73. The van der Waals surface area contributed by atoms with Gasteiger partial charge in [-0.1, -0.05) is 28.1 Å². The van der Waals surface area contributed by atoms with Gasteiger partial charge >= 0.3 is 12.0 Å². The van der Waals surface area contributed by atoms with E-state index in [9.17, 15) is 9.59 Å². The van der Waals surface area contributed by atoms with Crippen LogP contribution in [0.15, 0.2) is 28.7 Å². The van der Waals surface area contributed by atoms with Gasteiger partial charge < -0.3 is 15.3 Å². The van der Waals surface area contributed by atoms with Gasteiger partial charge in [0.25, 0.3) is 0 Å². The number of rotatable bonds is 4. The molecule has 19 heavy (non-hydrogen) atoms. The van der Waals surface area contributed by atoms with E-state index in [-0.39, 0.29) is 6.04 Å². The second kappa shape index (κ2) is 6.56. The Morgan fingerprint density at radius 1 is 1.26 bits per heavy atom. The highest BCUT2D eigenvalue weighted by atomic mass is 79.9. The van der Waals surface area contributed by atoms with Crippen LogP contribution in [0.2, 0.25) is 0 Å². The lowest BCUT2D eigenvalue weighted by Crippen LogP contribution is -2.46. The summed E-state index contributed by atoms with van der Waals surface area (Å²) in [4.78, 5) is 23.9. The van der Waals surface area contributed by atoms with Crippen molar-refractivity contribution in [1.29, 1.82) is 0 Å². The van der Waals surface area contributed by atoms with Gasteiger partial charge in [0, 0.05) is 11.5 Å². The summed E-state index contributed by atoms with van der Waals surface area (Å²) in [5.41, 5.74) is 0.952. The Morgan fingerprint density at radius 3 is 2.26 bits per heavy atom. The van der Waals surface area contributed by atoms with Crippen molar-refractivity contribution in [3.8, 4) is 0 Å². The number of nitrogens with zero attached hydrogens (tertiary/aromatic N) is 1. The Hall–Kier alpha value is -1.56. The average Bonchev–Trinajstić information content (AvgIpc) is 2.37. The third-order valence-corrected chi connectivity index (χ3v) is 3.50. The highest BCUT2D eigenvalue weighted by molar-refractivity contribution is 9.10. The molecule has 2 N–H and O–H groups in total. The molecule has 1 aromatic carbocycles. The fourth-order valence-electron chi connectivity index (χ4n) is 1.46. The minimum atomic E-state index is -1.03. The van der Waals surface area contributed by atoms with Crippen LogP contribution in [0.1, 0.15) is 25.5 Å². The molecule has 0 aliphatic rings. The molecule has 2 atom stereocenters. The van der Waals surface area contributed by atoms with Crippen LogP contribution in [-0.2, 0) is 4.79 Å². The molecule has 0 bridgehead atoms. The summed E-state index contributed by atoms with van der Waals surface area (Å²) >= 11 is 3.34. The van der Waals surface area contributed by atoms with Crippen LogP contribution in [0.5, 0.6) is 0 Å². The number of likely N-dealkylation sites (N-methyl/N-ethyl adjacent to an activating group) is 1. The van der Waals surface area contributed by atoms with Crippen molar-refractivity contribution in [1.82, 2.24) is 10.2 Å². The van der Waals surface area contributed by atoms with E-state index in [1.807, 2.05) is 31.2 Å². The van der Waals surface area contributed by atoms with Gasteiger partial charge in [-0.3, -0.25) is 0 Å². The maximum Gasteiger partial charge on any atom is 0.326 e. The molecule has 0 aliphatic heterocycles. The maximum absolute atomic E-state index is 11.9. The summed E-state index contributed by atoms with van der Waals surface area (Å²) in [6.45, 7) is 3.31. The topological polar surface area (TPSA) is 69.6 Å². The Bertz CT molecular complexity index is 461. The van der Waals surface area contributed by atoms with E-state index >= 15 is 0 Å². The van der Waals surface area contributed by atoms with E-state index in [1.165, 1.54) is 14.0 Å². The molecule has 0 radical (unpaired) electrons. The summed E-state index contributed by atoms with van der Waals surface area (Å²) in [5.74, 6) is -1.03. The maximum atomic E-state index is 11.9. The molecule has 6 heteroatoms. The second-order valence-corrected chi connectivity index (χ2v) is 5.26. The Labute approximate surface area is 120 Å². The van der Waals surface area contributed by atoms with Crippen molar-refractivity contribution >= 4 is 27.9 Å². The number of carboxylic acid groups (broad SMARTS) is 1. The normalized spacial score (nSPS) is 13.5. The number of carbonyl (C=O) groups is 2. The lowest BCUT2D eigenvalue weighted by molar-refractivity contribution is -0.141. The van der Waals surface area contributed by atoms with E-state index in [0.717, 1.165) is 14.9 Å². The molecule has 104 valence electrons. The van der Waals surface area contributed by atoms with Gasteiger partial charge in [0.05, 0.1) is 6.04 Å². The zero-order valence-corrected chi connectivity index (χ0v) is 12.6. The van der Waals surface area contributed by atoms with Crippen LogP contribution in [-0.4, -0.2) is 35.1 Å². The molecular formula is C13H17BrN2O3. The first-order chi connectivity index (χ1) is 8.82. The summed E-state index contributed by atoms with van der Waals surface area (Å²) < 4.78 is 0.964. The first-order valence-electron chi connectivity index (χ1n) is 5.84. The molecule has 0 saturated heterocycles. The van der Waals surface area contributed by atoms with Crippen LogP contribution < -0.4 is 5.32 Å². The molecular weight excluding hydrogens is 312 g/mol. The lowest BCUT2D eigenvalue weighted by Gasteiger charge is -2.24. The Balaban J connectivity index is 2.66. The predicted octanol–water partition coefficient (Wildman–Crippen LogP) is 2.62. The molecule has 0 aromatic heterocycles. The summed E-state index contributed by atoms with van der Waals surface area (Å²) in [6, 6.07) is 6.11. The molecule has 0 fully saturated rings. The van der Waals surface area contributed by atoms with Gasteiger partial charge in [-0.25, -0.2) is 9.59 Å². The predicted molar refractivity (Wildman–Crippen MR) is 75.9 cm³/mol. The van der Waals surface area contributed by atoms with Crippen molar-refractivity contribution in [2.75, 3.05) is 7.05 Å². The van der Waals surface area contributed by atoms with E-state index < -0.39 is 18.0 Å². The summed E-state index contributed by atoms with van der Waals surface area (Å²) in [5, 5.41) is 11.6. The minimum Gasteiger partial charge on any atom is -0.480 e. The van der Waals surface area contributed by atoms with Crippen LogP contribution in [0.3, 0.4) is 0 Å². The summed E-state index contributed by atoms with van der Waals surface area (Å²) in [7, 11) is 1.46. The van der Waals surface area contributed by atoms with Crippen LogP contribution in [0.4, 0.5) is 4.79 Å². The Morgan fingerprint density at radius 2 is 1.79 bits per heavy atom. The van der Waals surface area contributed by atoms with Crippen LogP contribution in [0.25, 0.3) is 0 Å². The van der Waals surface area contributed by atoms with E-state index in [4.69, 9.17) is 5.11 Å². The largest absolute Gasteiger partial charge is 0.480 e. The van der Waals surface area contributed by atoms with Gasteiger partial charge in [0.15, 0.2) is 0 Å². The van der Waals surface area contributed by atoms with Crippen molar-refractivity contribution in [3.63, 3.8) is 0 Å². The molecule has 0 aliphatic carbocycles. The number of hydrogen-bond acceptors (Lipinski definition) is 2. The van der Waals surface area contributed by atoms with Crippen molar-refractivity contribution < 1.29 is 14.7 Å². The third-order valence-electron chi connectivity index (χ3n) is 2.97. The number of carboxylic acids is 1. The zero-order chi connectivity index (χ0) is 14.6. The lowest BCUT2D eigenvalue weighted by atomic mass is 10.1. The van der Waals surface area contributed by atoms with Crippen molar-refractivity contribution in [3.05, 3.63) is 34.3 Å². The highest BCUT2D eigenvalue weighted by Crippen LogP contribution is 2.16. The SMILES string of the molecule is CC(NC(=O)N(C)C(C)C(=O)O)c1ccc(Br)cc1. The smallest absolute Gasteiger partial charge is 0.326 e. The van der Waals surface area contributed by atoms with Crippen molar-refractivity contribution in [2.45, 2.75) is 25.9 Å². The quantitative estimate of drug-likeness (QED) is 0.892. The first kappa shape index (κ1) is 15.5. The molecule has 1 rings (SSSR count). The van der Waals surface area contributed by atoms with Crippen LogP contribution in [0, 0.1) is 0 Å². The second-order valence-electron chi connectivity index (χ2n) is 4.35. The molecule has 1 aromatic rings. The number of carbonyl (C=O) groups excluding carboxylic acids is 1. The third kappa shape index (κ3) is 4.24. The number of nitrogens with one attached hydrogen (secondary N) is 1. The molecule has 2 unspecified atom stereocenters. The van der Waals surface area contributed by atoms with Gasteiger partial charge in [-0.2, -0.15) is 0 Å². The number of urea groups is 1. The number of aliphatic carboxylic acids is 1. The standard InChI is InChI=1S/C13H17BrN2O3/c1-8(10-4-6-11(14)7-5-10)15-13(19)16(3)9(2)12(17)18/h4-9H,1-3H3,(H,15,19)(H,17,18). The van der Waals surface area contributed by atoms with E-state index in [2.05, 4.69) is 21.2 Å². The Kier molecular flexibility index (Phi) is 5.35. The average molecular weight is 329 g/mol. The number of amides is 2.